The fourth-order valence-electron chi connectivity index (χ4n) is 1.96. The third-order valence-electron chi connectivity index (χ3n) is 2.80. The monoisotopic (exact) mass is 269 g/mol. The van der Waals surface area contributed by atoms with Crippen LogP contribution in [0.2, 0.25) is 0 Å². The molecule has 0 amide bonds. The summed E-state index contributed by atoms with van der Waals surface area (Å²) in [5.74, 6) is -0.652. The number of carbonyl (C=O) groups excluding carboxylic acids is 1. The highest BCUT2D eigenvalue weighted by atomic mass is 19.4. The van der Waals surface area contributed by atoms with Gasteiger partial charge in [0.25, 0.3) is 0 Å². The molecular formula is C11H18F3NO3. The average molecular weight is 269 g/mol. The zero-order chi connectivity index (χ0) is 13.6. The van der Waals surface area contributed by atoms with Gasteiger partial charge in [-0.05, 0) is 19.3 Å². The number of methoxy groups -OCH3 is 1. The Morgan fingerprint density at radius 2 is 2.00 bits per heavy atom. The van der Waals surface area contributed by atoms with E-state index in [1.807, 2.05) is 5.32 Å². The second-order valence-electron chi connectivity index (χ2n) is 4.35. The van der Waals surface area contributed by atoms with Gasteiger partial charge in [-0.2, -0.15) is 13.2 Å². The minimum Gasteiger partial charge on any atom is -0.461 e. The van der Waals surface area contributed by atoms with Crippen molar-refractivity contribution in [2.24, 2.45) is 0 Å². The summed E-state index contributed by atoms with van der Waals surface area (Å²) in [7, 11) is 1.60. The molecule has 1 aliphatic carbocycles. The molecular weight excluding hydrogens is 251 g/mol. The quantitative estimate of drug-likeness (QED) is 0.771. The van der Waals surface area contributed by atoms with Crippen molar-refractivity contribution < 1.29 is 27.4 Å². The number of nitrogens with one attached hydrogen (secondary N) is 1. The lowest BCUT2D eigenvalue weighted by Crippen LogP contribution is -2.36. The van der Waals surface area contributed by atoms with Crippen molar-refractivity contribution in [3.05, 3.63) is 0 Å². The molecule has 0 aliphatic heterocycles. The lowest BCUT2D eigenvalue weighted by molar-refractivity contribution is -0.153. The summed E-state index contributed by atoms with van der Waals surface area (Å²) in [5.41, 5.74) is 0. The van der Waals surface area contributed by atoms with E-state index in [0.29, 0.717) is 6.42 Å². The van der Waals surface area contributed by atoms with E-state index in [-0.39, 0.29) is 12.2 Å². The second kappa shape index (κ2) is 6.94. The van der Waals surface area contributed by atoms with E-state index in [1.165, 1.54) is 0 Å². The van der Waals surface area contributed by atoms with Crippen LogP contribution in [0.5, 0.6) is 0 Å². The van der Waals surface area contributed by atoms with E-state index in [2.05, 4.69) is 0 Å². The van der Waals surface area contributed by atoms with Gasteiger partial charge >= 0.3 is 12.1 Å². The summed E-state index contributed by atoms with van der Waals surface area (Å²) in [5, 5.41) is 2.01. The van der Waals surface area contributed by atoms with Gasteiger partial charge in [0, 0.05) is 13.5 Å². The van der Waals surface area contributed by atoms with Crippen molar-refractivity contribution in [3.63, 3.8) is 0 Å². The van der Waals surface area contributed by atoms with Crippen molar-refractivity contribution in [2.45, 2.75) is 44.1 Å². The maximum atomic E-state index is 11.8. The maximum Gasteiger partial charge on any atom is 0.401 e. The minimum absolute atomic E-state index is 0.0692. The third kappa shape index (κ3) is 6.20. The van der Waals surface area contributed by atoms with Gasteiger partial charge in [-0.25, -0.2) is 0 Å². The Hall–Kier alpha value is -0.820. The van der Waals surface area contributed by atoms with Crippen LogP contribution in [-0.4, -0.2) is 44.6 Å². The summed E-state index contributed by atoms with van der Waals surface area (Å²) in [4.78, 5) is 11.3. The number of alkyl halides is 3. The molecule has 1 aliphatic rings. The summed E-state index contributed by atoms with van der Waals surface area (Å²) >= 11 is 0. The van der Waals surface area contributed by atoms with Crippen molar-refractivity contribution >= 4 is 5.97 Å². The standard InChI is InChI=1S/C11H18F3NO3/c1-17-8-3-2-4-9(5-8)18-10(16)6-15-7-11(12,13)14/h8-9,15H,2-7H2,1H3. The third-order valence-corrected chi connectivity index (χ3v) is 2.80. The lowest BCUT2D eigenvalue weighted by Gasteiger charge is -2.27. The Morgan fingerprint density at radius 3 is 2.61 bits per heavy atom. The molecule has 0 aromatic rings. The summed E-state index contributed by atoms with van der Waals surface area (Å²) in [6, 6.07) is 0. The normalized spacial score (nSPS) is 24.9. The highest BCUT2D eigenvalue weighted by molar-refractivity contribution is 5.71. The largest absolute Gasteiger partial charge is 0.461 e. The van der Waals surface area contributed by atoms with Crippen LogP contribution in [0.1, 0.15) is 25.7 Å². The number of carbonyl (C=O) groups is 1. The Labute approximate surface area is 104 Å². The predicted molar refractivity (Wildman–Crippen MR) is 58.1 cm³/mol. The Morgan fingerprint density at radius 1 is 1.33 bits per heavy atom. The van der Waals surface area contributed by atoms with Crippen molar-refractivity contribution in [2.75, 3.05) is 20.2 Å². The fourth-order valence-corrected chi connectivity index (χ4v) is 1.96. The molecule has 0 aromatic heterocycles. The van der Waals surface area contributed by atoms with E-state index in [9.17, 15) is 18.0 Å². The molecule has 1 saturated carbocycles. The molecule has 0 saturated heterocycles. The molecule has 1 rings (SSSR count). The topological polar surface area (TPSA) is 47.6 Å². The van der Waals surface area contributed by atoms with Gasteiger partial charge in [0.2, 0.25) is 0 Å². The van der Waals surface area contributed by atoms with Crippen molar-refractivity contribution in [1.82, 2.24) is 5.32 Å². The molecule has 0 radical (unpaired) electrons. The van der Waals surface area contributed by atoms with Gasteiger partial charge in [0.1, 0.15) is 6.10 Å². The van der Waals surface area contributed by atoms with Gasteiger partial charge < -0.3 is 9.47 Å². The highest BCUT2D eigenvalue weighted by Crippen LogP contribution is 2.23. The molecule has 18 heavy (non-hydrogen) atoms. The number of esters is 1. The number of ether oxygens (including phenoxy) is 2. The fraction of sp³-hybridized carbons (Fsp3) is 0.909. The first-order valence-electron chi connectivity index (χ1n) is 5.90. The Bertz CT molecular complexity index is 271. The second-order valence-corrected chi connectivity index (χ2v) is 4.35. The van der Waals surface area contributed by atoms with Crippen LogP contribution in [-0.2, 0) is 14.3 Å². The molecule has 2 unspecified atom stereocenters. The van der Waals surface area contributed by atoms with Gasteiger partial charge in [-0.15, -0.1) is 0 Å². The van der Waals surface area contributed by atoms with Crippen LogP contribution in [0.3, 0.4) is 0 Å². The summed E-state index contributed by atoms with van der Waals surface area (Å²) in [6.45, 7) is -1.61. The van der Waals surface area contributed by atoms with Crippen molar-refractivity contribution in [3.8, 4) is 0 Å². The van der Waals surface area contributed by atoms with Crippen LogP contribution in [0.15, 0.2) is 0 Å². The first-order chi connectivity index (χ1) is 8.40. The lowest BCUT2D eigenvalue weighted by atomic mass is 9.95. The Kier molecular flexibility index (Phi) is 5.87. The summed E-state index contributed by atoms with van der Waals surface area (Å²) in [6.07, 6.45) is -1.31. The molecule has 2 atom stereocenters. The number of halogens is 3. The molecule has 0 spiro atoms. The SMILES string of the molecule is COC1CCCC(OC(=O)CNCC(F)(F)F)C1. The number of hydrogen-bond donors (Lipinski definition) is 1. The van der Waals surface area contributed by atoms with Crippen LogP contribution in [0.4, 0.5) is 13.2 Å². The van der Waals surface area contributed by atoms with Gasteiger partial charge in [-0.3, -0.25) is 10.1 Å². The maximum absolute atomic E-state index is 11.8. The van der Waals surface area contributed by atoms with Crippen LogP contribution >= 0.6 is 0 Å². The van der Waals surface area contributed by atoms with Crippen LogP contribution in [0.25, 0.3) is 0 Å². The van der Waals surface area contributed by atoms with E-state index >= 15 is 0 Å². The average Bonchev–Trinajstić information content (AvgIpc) is 2.27. The molecule has 0 aromatic carbocycles. The number of hydrogen-bond acceptors (Lipinski definition) is 4. The van der Waals surface area contributed by atoms with Gasteiger partial charge in [0.05, 0.1) is 19.2 Å². The molecule has 106 valence electrons. The van der Waals surface area contributed by atoms with Gasteiger partial charge in [0.15, 0.2) is 0 Å². The Balaban J connectivity index is 2.19. The molecule has 0 bridgehead atoms. The minimum atomic E-state index is -4.31. The summed E-state index contributed by atoms with van der Waals surface area (Å²) < 4.78 is 45.8. The van der Waals surface area contributed by atoms with E-state index < -0.39 is 25.2 Å². The molecule has 4 nitrogen and oxygen atoms in total. The van der Waals surface area contributed by atoms with Crippen molar-refractivity contribution in [1.29, 1.82) is 0 Å². The molecule has 7 heteroatoms. The molecule has 1 fully saturated rings. The number of rotatable bonds is 5. The van der Waals surface area contributed by atoms with Crippen LogP contribution in [0, 0.1) is 0 Å². The first-order valence-corrected chi connectivity index (χ1v) is 5.90. The van der Waals surface area contributed by atoms with E-state index in [4.69, 9.17) is 9.47 Å². The highest BCUT2D eigenvalue weighted by Gasteiger charge is 2.28. The molecule has 0 heterocycles. The van der Waals surface area contributed by atoms with E-state index in [1.54, 1.807) is 7.11 Å². The zero-order valence-corrected chi connectivity index (χ0v) is 10.3. The van der Waals surface area contributed by atoms with Gasteiger partial charge in [-0.1, -0.05) is 0 Å². The van der Waals surface area contributed by atoms with E-state index in [0.717, 1.165) is 19.3 Å². The molecule has 1 N–H and O–H groups in total. The predicted octanol–water partition coefficient (Wildman–Crippen LogP) is 1.64. The van der Waals surface area contributed by atoms with Crippen LogP contribution < -0.4 is 5.32 Å². The smallest absolute Gasteiger partial charge is 0.401 e. The zero-order valence-electron chi connectivity index (χ0n) is 10.3. The first kappa shape index (κ1) is 15.2.